The number of esters is 1. The summed E-state index contributed by atoms with van der Waals surface area (Å²) in [5.74, 6) is 0.634. The van der Waals surface area contributed by atoms with E-state index in [1.165, 1.54) is 6.07 Å². The molecule has 0 unspecified atom stereocenters. The van der Waals surface area contributed by atoms with Crippen LogP contribution in [0.1, 0.15) is 47.3 Å². The van der Waals surface area contributed by atoms with Crippen molar-refractivity contribution in [3.8, 4) is 5.75 Å². The first-order valence-corrected chi connectivity index (χ1v) is 7.29. The van der Waals surface area contributed by atoms with Gasteiger partial charge in [0, 0.05) is 11.5 Å². The van der Waals surface area contributed by atoms with Crippen LogP contribution >= 0.6 is 0 Å². The Bertz CT molecular complexity index is 770. The number of rotatable bonds is 1. The molecular weight excluding hydrogens is 280 g/mol. The van der Waals surface area contributed by atoms with Crippen molar-refractivity contribution in [1.29, 1.82) is 0 Å². The Labute approximate surface area is 130 Å². The quantitative estimate of drug-likeness (QED) is 0.589. The van der Waals surface area contributed by atoms with Gasteiger partial charge in [-0.25, -0.2) is 0 Å². The molecule has 1 aromatic heterocycles. The molecule has 118 valence electrons. The van der Waals surface area contributed by atoms with Gasteiger partial charge in [0.25, 0.3) is 0 Å². The fraction of sp³-hybridized carbons (Fsp3) is 0.444. The van der Waals surface area contributed by atoms with E-state index in [-0.39, 0.29) is 16.8 Å². The van der Waals surface area contributed by atoms with E-state index in [1.807, 2.05) is 20.8 Å². The van der Waals surface area contributed by atoms with Crippen molar-refractivity contribution in [2.75, 3.05) is 0 Å². The summed E-state index contributed by atoms with van der Waals surface area (Å²) in [5.41, 5.74) is -0.492. The number of fused-ring (bicyclic) bond motifs is 1. The molecule has 4 nitrogen and oxygen atoms in total. The van der Waals surface area contributed by atoms with Gasteiger partial charge in [0.1, 0.15) is 17.1 Å². The van der Waals surface area contributed by atoms with E-state index in [0.29, 0.717) is 22.5 Å². The van der Waals surface area contributed by atoms with E-state index < -0.39 is 5.41 Å². The fourth-order valence-corrected chi connectivity index (χ4v) is 1.83. The molecule has 0 saturated carbocycles. The highest BCUT2D eigenvalue weighted by molar-refractivity contribution is 5.82. The van der Waals surface area contributed by atoms with Gasteiger partial charge in [-0.3, -0.25) is 9.59 Å². The molecule has 4 heteroatoms. The molecule has 0 amide bonds. The van der Waals surface area contributed by atoms with Crippen molar-refractivity contribution in [1.82, 2.24) is 0 Å². The lowest BCUT2D eigenvalue weighted by molar-refractivity contribution is -0.142. The second kappa shape index (κ2) is 5.27. The Morgan fingerprint density at radius 2 is 1.68 bits per heavy atom. The first-order valence-electron chi connectivity index (χ1n) is 7.29. The molecule has 0 fully saturated rings. The lowest BCUT2D eigenvalue weighted by Gasteiger charge is -2.18. The zero-order chi connectivity index (χ0) is 16.7. The molecule has 0 bridgehead atoms. The molecule has 0 spiro atoms. The molecule has 0 atom stereocenters. The zero-order valence-corrected chi connectivity index (χ0v) is 13.9. The summed E-state index contributed by atoms with van der Waals surface area (Å²) in [5, 5.41) is 0.409. The highest BCUT2D eigenvalue weighted by atomic mass is 16.5. The summed E-state index contributed by atoms with van der Waals surface area (Å²) in [6, 6.07) is 6.35. The third-order valence-electron chi connectivity index (χ3n) is 3.26. The van der Waals surface area contributed by atoms with E-state index in [4.69, 9.17) is 9.15 Å². The second-order valence-electron chi connectivity index (χ2n) is 7.52. The van der Waals surface area contributed by atoms with E-state index in [2.05, 4.69) is 0 Å². The normalized spacial score (nSPS) is 12.5. The van der Waals surface area contributed by atoms with Crippen LogP contribution < -0.4 is 10.2 Å². The van der Waals surface area contributed by atoms with Crippen molar-refractivity contribution in [2.45, 2.75) is 47.0 Å². The van der Waals surface area contributed by atoms with Gasteiger partial charge in [0.2, 0.25) is 0 Å². The number of carbonyl (C=O) groups excluding carboxylic acids is 1. The summed E-state index contributed by atoms with van der Waals surface area (Å²) in [6.45, 7) is 11.3. The van der Waals surface area contributed by atoms with Crippen molar-refractivity contribution in [2.24, 2.45) is 5.41 Å². The van der Waals surface area contributed by atoms with Gasteiger partial charge in [0.15, 0.2) is 5.43 Å². The third kappa shape index (κ3) is 3.38. The van der Waals surface area contributed by atoms with Gasteiger partial charge in [-0.15, -0.1) is 0 Å². The SMILES string of the molecule is CC(C)(C)C(=O)Oc1ccc2oc(C(C)(C)C)cc(=O)c2c1. The van der Waals surface area contributed by atoms with Crippen molar-refractivity contribution in [3.63, 3.8) is 0 Å². The summed E-state index contributed by atoms with van der Waals surface area (Å²) in [7, 11) is 0. The van der Waals surface area contributed by atoms with Crippen molar-refractivity contribution < 1.29 is 13.9 Å². The average Bonchev–Trinajstić information content (AvgIpc) is 2.37. The maximum Gasteiger partial charge on any atom is 0.316 e. The van der Waals surface area contributed by atoms with Crippen molar-refractivity contribution >= 4 is 16.9 Å². The predicted octanol–water partition coefficient (Wildman–Crippen LogP) is 4.04. The van der Waals surface area contributed by atoms with Gasteiger partial charge in [0.05, 0.1) is 10.8 Å². The number of hydrogen-bond acceptors (Lipinski definition) is 4. The largest absolute Gasteiger partial charge is 0.460 e. The van der Waals surface area contributed by atoms with Gasteiger partial charge in [-0.05, 0) is 39.0 Å². The molecule has 0 aliphatic heterocycles. The van der Waals surface area contributed by atoms with Crippen LogP contribution in [0.15, 0.2) is 33.5 Å². The zero-order valence-electron chi connectivity index (χ0n) is 13.9. The van der Waals surface area contributed by atoms with Crippen LogP contribution in [0.3, 0.4) is 0 Å². The lowest BCUT2D eigenvalue weighted by Crippen LogP contribution is -2.25. The number of carbonyl (C=O) groups is 1. The fourth-order valence-electron chi connectivity index (χ4n) is 1.83. The minimum absolute atomic E-state index is 0.139. The Balaban J connectivity index is 2.47. The van der Waals surface area contributed by atoms with E-state index in [9.17, 15) is 9.59 Å². The molecule has 0 saturated heterocycles. The number of ether oxygens (including phenoxy) is 1. The molecule has 1 aromatic carbocycles. The molecule has 22 heavy (non-hydrogen) atoms. The van der Waals surface area contributed by atoms with E-state index in [0.717, 1.165) is 0 Å². The monoisotopic (exact) mass is 302 g/mol. The van der Waals surface area contributed by atoms with E-state index >= 15 is 0 Å². The number of hydrogen-bond donors (Lipinski definition) is 0. The standard InChI is InChI=1S/C18H22O4/c1-17(2,3)15-10-13(19)12-9-11(7-8-14(12)22-15)21-16(20)18(4,5)6/h7-10H,1-6H3. The average molecular weight is 302 g/mol. The van der Waals surface area contributed by atoms with Gasteiger partial charge < -0.3 is 9.15 Å². The maximum atomic E-state index is 12.3. The first-order chi connectivity index (χ1) is 9.98. The Morgan fingerprint density at radius 1 is 1.05 bits per heavy atom. The molecule has 2 rings (SSSR count). The lowest BCUT2D eigenvalue weighted by atomic mass is 9.92. The van der Waals surface area contributed by atoms with Crippen LogP contribution in [0.5, 0.6) is 5.75 Å². The van der Waals surface area contributed by atoms with Crippen LogP contribution in [-0.2, 0) is 10.2 Å². The van der Waals surface area contributed by atoms with Crippen LogP contribution in [0, 0.1) is 5.41 Å². The topological polar surface area (TPSA) is 56.5 Å². The smallest absolute Gasteiger partial charge is 0.316 e. The van der Waals surface area contributed by atoms with Crippen LogP contribution in [0.25, 0.3) is 11.0 Å². The summed E-state index contributed by atoms with van der Waals surface area (Å²) < 4.78 is 11.1. The minimum atomic E-state index is -0.601. The highest BCUT2D eigenvalue weighted by Gasteiger charge is 2.24. The van der Waals surface area contributed by atoms with E-state index in [1.54, 1.807) is 39.0 Å². The minimum Gasteiger partial charge on any atom is -0.460 e. The molecular formula is C18H22O4. The molecule has 1 heterocycles. The predicted molar refractivity (Wildman–Crippen MR) is 86.3 cm³/mol. The Hall–Kier alpha value is -2.10. The molecule has 0 N–H and O–H groups in total. The summed E-state index contributed by atoms with van der Waals surface area (Å²) in [6.07, 6.45) is 0. The van der Waals surface area contributed by atoms with Crippen LogP contribution in [-0.4, -0.2) is 5.97 Å². The maximum absolute atomic E-state index is 12.3. The Kier molecular flexibility index (Phi) is 3.90. The van der Waals surface area contributed by atoms with Crippen LogP contribution in [0.2, 0.25) is 0 Å². The number of benzene rings is 1. The first kappa shape index (κ1) is 16.3. The highest BCUT2D eigenvalue weighted by Crippen LogP contribution is 2.27. The van der Waals surface area contributed by atoms with Crippen molar-refractivity contribution in [3.05, 3.63) is 40.2 Å². The molecule has 2 aromatic rings. The third-order valence-corrected chi connectivity index (χ3v) is 3.26. The van der Waals surface area contributed by atoms with Gasteiger partial charge in [-0.2, -0.15) is 0 Å². The van der Waals surface area contributed by atoms with Crippen LogP contribution in [0.4, 0.5) is 0 Å². The van der Waals surface area contributed by atoms with Gasteiger partial charge >= 0.3 is 5.97 Å². The summed E-state index contributed by atoms with van der Waals surface area (Å²) >= 11 is 0. The second-order valence-corrected chi connectivity index (χ2v) is 7.52. The molecule has 0 aliphatic rings. The summed E-state index contributed by atoms with van der Waals surface area (Å²) in [4.78, 5) is 24.2. The van der Waals surface area contributed by atoms with Gasteiger partial charge in [-0.1, -0.05) is 20.8 Å². The molecule has 0 radical (unpaired) electrons. The molecule has 0 aliphatic carbocycles. The Morgan fingerprint density at radius 3 is 2.23 bits per heavy atom.